The minimum absolute atomic E-state index is 0.787. The Bertz CT molecular complexity index is 472. The van der Waals surface area contributed by atoms with E-state index in [4.69, 9.17) is 5.26 Å². The molecule has 2 fully saturated rings. The third-order valence-electron chi connectivity index (χ3n) is 4.80. The van der Waals surface area contributed by atoms with Crippen molar-refractivity contribution in [2.45, 2.75) is 51.1 Å². The summed E-state index contributed by atoms with van der Waals surface area (Å²) in [5, 5.41) is 8.99. The highest BCUT2D eigenvalue weighted by molar-refractivity contribution is 5.32. The molecule has 1 saturated heterocycles. The van der Waals surface area contributed by atoms with E-state index < -0.39 is 0 Å². The first-order valence-electron chi connectivity index (χ1n) is 7.60. The smallest absolute Gasteiger partial charge is 0.0991 e. The number of hydrogen-bond donors (Lipinski definition) is 0. The van der Waals surface area contributed by atoms with Crippen molar-refractivity contribution < 1.29 is 0 Å². The van der Waals surface area contributed by atoms with Gasteiger partial charge in [-0.05, 0) is 55.8 Å². The number of likely N-dealkylation sites (tertiary alicyclic amines) is 1. The predicted octanol–water partition coefficient (Wildman–Crippen LogP) is 3.71. The van der Waals surface area contributed by atoms with Gasteiger partial charge in [0.05, 0.1) is 11.6 Å². The van der Waals surface area contributed by atoms with Crippen molar-refractivity contribution >= 4 is 0 Å². The van der Waals surface area contributed by atoms with Gasteiger partial charge in [-0.3, -0.25) is 4.90 Å². The van der Waals surface area contributed by atoms with Crippen molar-refractivity contribution in [3.8, 4) is 6.07 Å². The zero-order chi connectivity index (χ0) is 13.1. The molecule has 0 spiro atoms. The van der Waals surface area contributed by atoms with Crippen molar-refractivity contribution in [3.05, 3.63) is 35.4 Å². The van der Waals surface area contributed by atoms with Crippen molar-refractivity contribution in [2.75, 3.05) is 6.54 Å². The van der Waals surface area contributed by atoms with Crippen molar-refractivity contribution in [3.63, 3.8) is 0 Å². The Hall–Kier alpha value is -1.33. The molecule has 1 aromatic carbocycles. The van der Waals surface area contributed by atoms with Gasteiger partial charge in [0.1, 0.15) is 0 Å². The van der Waals surface area contributed by atoms with Crippen molar-refractivity contribution in [2.24, 2.45) is 5.92 Å². The molecule has 0 N–H and O–H groups in total. The summed E-state index contributed by atoms with van der Waals surface area (Å²) in [6.45, 7) is 2.26. The van der Waals surface area contributed by atoms with Crippen LogP contribution in [0.1, 0.15) is 49.7 Å². The van der Waals surface area contributed by atoms with Gasteiger partial charge in [-0.15, -0.1) is 0 Å². The molecule has 1 aliphatic heterocycles. The van der Waals surface area contributed by atoms with Crippen molar-refractivity contribution in [1.82, 2.24) is 4.90 Å². The van der Waals surface area contributed by atoms with Gasteiger partial charge < -0.3 is 0 Å². The van der Waals surface area contributed by atoms with Crippen LogP contribution in [0.5, 0.6) is 0 Å². The van der Waals surface area contributed by atoms with Gasteiger partial charge in [-0.25, -0.2) is 0 Å². The van der Waals surface area contributed by atoms with Gasteiger partial charge in [0.2, 0.25) is 0 Å². The normalized spacial score (nSPS) is 27.5. The van der Waals surface area contributed by atoms with Gasteiger partial charge in [-0.2, -0.15) is 5.26 Å². The lowest BCUT2D eigenvalue weighted by Gasteiger charge is -2.44. The van der Waals surface area contributed by atoms with Gasteiger partial charge in [0.15, 0.2) is 0 Å². The summed E-state index contributed by atoms with van der Waals surface area (Å²) in [5.74, 6) is 0.932. The Morgan fingerprint density at radius 3 is 2.89 bits per heavy atom. The molecule has 1 aromatic rings. The number of hydrogen-bond acceptors (Lipinski definition) is 2. The fourth-order valence-electron chi connectivity index (χ4n) is 3.90. The second-order valence-corrected chi connectivity index (χ2v) is 6.04. The highest BCUT2D eigenvalue weighted by Gasteiger charge is 2.32. The number of nitriles is 1. The zero-order valence-corrected chi connectivity index (χ0v) is 11.5. The van der Waals surface area contributed by atoms with Crippen LogP contribution in [0.4, 0.5) is 0 Å². The molecule has 1 saturated carbocycles. The van der Waals surface area contributed by atoms with Crippen LogP contribution in [0.25, 0.3) is 0 Å². The largest absolute Gasteiger partial charge is 0.296 e. The molecule has 0 bridgehead atoms. The Morgan fingerprint density at radius 1 is 1.16 bits per heavy atom. The van der Waals surface area contributed by atoms with E-state index in [1.807, 2.05) is 18.2 Å². The molecule has 0 aromatic heterocycles. The zero-order valence-electron chi connectivity index (χ0n) is 11.5. The van der Waals surface area contributed by atoms with Crippen molar-refractivity contribution in [1.29, 1.82) is 5.26 Å². The van der Waals surface area contributed by atoms with E-state index in [-0.39, 0.29) is 0 Å². The summed E-state index contributed by atoms with van der Waals surface area (Å²) in [5.41, 5.74) is 2.08. The molecular formula is C17H22N2. The monoisotopic (exact) mass is 254 g/mol. The highest BCUT2D eigenvalue weighted by atomic mass is 15.2. The van der Waals surface area contributed by atoms with E-state index in [1.54, 1.807) is 0 Å². The lowest BCUT2D eigenvalue weighted by atomic mass is 9.78. The summed E-state index contributed by atoms with van der Waals surface area (Å²) >= 11 is 0. The molecule has 2 aliphatic rings. The Labute approximate surface area is 116 Å². The quantitative estimate of drug-likeness (QED) is 0.804. The number of nitrogens with zero attached hydrogens (tertiary/aromatic N) is 2. The molecule has 2 heteroatoms. The molecule has 2 nitrogen and oxygen atoms in total. The van der Waals surface area contributed by atoms with Crippen LogP contribution in [0.3, 0.4) is 0 Å². The average Bonchev–Trinajstić information content (AvgIpc) is 2.48. The lowest BCUT2D eigenvalue weighted by Crippen LogP contribution is -2.46. The van der Waals surface area contributed by atoms with Crippen LogP contribution in [0.2, 0.25) is 0 Å². The Balaban J connectivity index is 1.72. The van der Waals surface area contributed by atoms with Gasteiger partial charge in [-0.1, -0.05) is 25.0 Å². The molecule has 1 aliphatic carbocycles. The van der Waals surface area contributed by atoms with E-state index >= 15 is 0 Å². The SMILES string of the molecule is N#Cc1cccc(CN2CCCC3CCCCC32)c1. The third kappa shape index (κ3) is 2.82. The first kappa shape index (κ1) is 12.7. The van der Waals surface area contributed by atoms with Gasteiger partial charge in [0, 0.05) is 12.6 Å². The fraction of sp³-hybridized carbons (Fsp3) is 0.588. The topological polar surface area (TPSA) is 27.0 Å². The van der Waals surface area contributed by atoms with Gasteiger partial charge in [0.25, 0.3) is 0 Å². The van der Waals surface area contributed by atoms with E-state index in [0.29, 0.717) is 0 Å². The molecule has 1 heterocycles. The third-order valence-corrected chi connectivity index (χ3v) is 4.80. The second kappa shape index (κ2) is 5.75. The average molecular weight is 254 g/mol. The van der Waals surface area contributed by atoms with Crippen LogP contribution in [-0.2, 0) is 6.54 Å². The second-order valence-electron chi connectivity index (χ2n) is 6.04. The first-order valence-corrected chi connectivity index (χ1v) is 7.60. The Kier molecular flexibility index (Phi) is 3.84. The lowest BCUT2D eigenvalue weighted by molar-refractivity contribution is 0.0547. The Morgan fingerprint density at radius 2 is 2.00 bits per heavy atom. The highest BCUT2D eigenvalue weighted by Crippen LogP contribution is 2.35. The molecule has 0 radical (unpaired) electrons. The molecule has 19 heavy (non-hydrogen) atoms. The number of benzene rings is 1. The molecule has 0 amide bonds. The summed E-state index contributed by atoms with van der Waals surface area (Å²) < 4.78 is 0. The molecule has 100 valence electrons. The maximum atomic E-state index is 8.99. The predicted molar refractivity (Wildman–Crippen MR) is 76.5 cm³/mol. The summed E-state index contributed by atoms with van der Waals surface area (Å²) in [4.78, 5) is 2.67. The van der Waals surface area contributed by atoms with Crippen LogP contribution < -0.4 is 0 Å². The fourth-order valence-corrected chi connectivity index (χ4v) is 3.90. The maximum Gasteiger partial charge on any atom is 0.0991 e. The summed E-state index contributed by atoms with van der Waals surface area (Å²) in [7, 11) is 0. The summed E-state index contributed by atoms with van der Waals surface area (Å²) in [6.07, 6.45) is 8.41. The van der Waals surface area contributed by atoms with E-state index in [9.17, 15) is 0 Å². The van der Waals surface area contributed by atoms with Crippen LogP contribution in [-0.4, -0.2) is 17.5 Å². The molecule has 2 unspecified atom stereocenters. The van der Waals surface area contributed by atoms with Crippen LogP contribution >= 0.6 is 0 Å². The minimum Gasteiger partial charge on any atom is -0.296 e. The van der Waals surface area contributed by atoms with E-state index in [2.05, 4.69) is 17.0 Å². The minimum atomic E-state index is 0.787. The first-order chi connectivity index (χ1) is 9.36. The molecule has 3 rings (SSSR count). The number of fused-ring (bicyclic) bond motifs is 1. The maximum absolute atomic E-state index is 8.99. The number of piperidine rings is 1. The van der Waals surface area contributed by atoms with Gasteiger partial charge >= 0.3 is 0 Å². The standard InChI is InChI=1S/C17H22N2/c18-12-14-5-3-6-15(11-14)13-19-10-4-8-16-7-1-2-9-17(16)19/h3,5-6,11,16-17H,1-2,4,7-10,13H2. The van der Waals surface area contributed by atoms with E-state index in [0.717, 1.165) is 24.1 Å². The van der Waals surface area contributed by atoms with Crippen LogP contribution in [0, 0.1) is 17.2 Å². The number of rotatable bonds is 2. The van der Waals surface area contributed by atoms with Crippen LogP contribution in [0.15, 0.2) is 24.3 Å². The van der Waals surface area contributed by atoms with E-state index in [1.165, 1.54) is 50.6 Å². The molecular weight excluding hydrogens is 232 g/mol. The summed E-state index contributed by atoms with van der Waals surface area (Å²) in [6, 6.07) is 11.2. The molecule has 2 atom stereocenters.